The van der Waals surface area contributed by atoms with Crippen molar-refractivity contribution in [2.75, 3.05) is 46.3 Å². The Morgan fingerprint density at radius 2 is 1.80 bits per heavy atom. The largest absolute Gasteiger partial charge is 0.481 e. The van der Waals surface area contributed by atoms with Gasteiger partial charge in [0.1, 0.15) is 0 Å². The Hall–Kier alpha value is -3.50. The average molecular weight is 554 g/mol. The lowest BCUT2D eigenvalue weighted by molar-refractivity contribution is -0.143. The molecule has 3 N–H and O–H groups in total. The van der Waals surface area contributed by atoms with Crippen LogP contribution in [-0.4, -0.2) is 79.1 Å². The molecule has 0 bridgehead atoms. The maximum absolute atomic E-state index is 13.6. The molecule has 0 saturated carbocycles. The van der Waals surface area contributed by atoms with Crippen LogP contribution in [0.2, 0.25) is 0 Å². The van der Waals surface area contributed by atoms with Crippen molar-refractivity contribution in [1.29, 1.82) is 0 Å². The monoisotopic (exact) mass is 553 g/mol. The van der Waals surface area contributed by atoms with Gasteiger partial charge < -0.3 is 34.7 Å². The summed E-state index contributed by atoms with van der Waals surface area (Å²) in [4.78, 5) is 30.4. The number of nitrogens with two attached hydrogens (primary N) is 1. The summed E-state index contributed by atoms with van der Waals surface area (Å²) in [5.74, 6) is 0.840. The number of rotatable bonds is 13. The highest BCUT2D eigenvalue weighted by molar-refractivity contribution is 5.79. The third kappa shape index (κ3) is 5.97. The second-order valence-electron chi connectivity index (χ2n) is 10.6. The molecule has 3 heterocycles. The van der Waals surface area contributed by atoms with E-state index in [-0.39, 0.29) is 38.0 Å². The fourth-order valence-electron chi connectivity index (χ4n) is 6.09. The van der Waals surface area contributed by atoms with Crippen molar-refractivity contribution in [2.45, 2.75) is 51.0 Å². The number of aliphatic carboxylic acids is 1. The zero-order valence-corrected chi connectivity index (χ0v) is 23.0. The van der Waals surface area contributed by atoms with Crippen LogP contribution in [0.1, 0.15) is 49.7 Å². The Morgan fingerprint density at radius 1 is 1.02 bits per heavy atom. The summed E-state index contributed by atoms with van der Waals surface area (Å²) in [7, 11) is 0. The van der Waals surface area contributed by atoms with Crippen LogP contribution in [0.3, 0.4) is 0 Å². The van der Waals surface area contributed by atoms with Gasteiger partial charge in [-0.1, -0.05) is 31.5 Å². The highest BCUT2D eigenvalue weighted by Gasteiger charge is 2.47. The van der Waals surface area contributed by atoms with Crippen molar-refractivity contribution in [1.82, 2.24) is 9.80 Å². The van der Waals surface area contributed by atoms with Crippen LogP contribution in [0.5, 0.6) is 23.0 Å². The second-order valence-corrected chi connectivity index (χ2v) is 10.6. The number of nitrogens with zero attached hydrogens (tertiary/aromatic N) is 2. The van der Waals surface area contributed by atoms with E-state index >= 15 is 0 Å². The second kappa shape index (κ2) is 12.8. The first-order chi connectivity index (χ1) is 19.5. The Morgan fingerprint density at radius 3 is 2.60 bits per heavy atom. The number of carbonyl (C=O) groups is 2. The molecule has 3 aliphatic heterocycles. The molecule has 1 fully saturated rings. The van der Waals surface area contributed by atoms with E-state index in [1.807, 2.05) is 41.3 Å². The number of aryl methyl sites for hydroxylation is 1. The first-order valence-electron chi connectivity index (χ1n) is 14.2. The minimum atomic E-state index is -0.869. The lowest BCUT2D eigenvalue weighted by atomic mass is 9.83. The van der Waals surface area contributed by atoms with Crippen LogP contribution < -0.4 is 24.7 Å². The van der Waals surface area contributed by atoms with Crippen LogP contribution in [-0.2, 0) is 16.0 Å². The maximum atomic E-state index is 13.6. The molecule has 3 atom stereocenters. The van der Waals surface area contributed by atoms with E-state index in [2.05, 4.69) is 11.8 Å². The molecule has 2 aromatic carbocycles. The number of ether oxygens (including phenoxy) is 4. The maximum Gasteiger partial charge on any atom is 0.308 e. The normalized spacial score (nSPS) is 21.1. The summed E-state index contributed by atoms with van der Waals surface area (Å²) in [6, 6.07) is 11.1. The van der Waals surface area contributed by atoms with Gasteiger partial charge in [0.2, 0.25) is 19.5 Å². The Bertz CT molecular complexity index is 1200. The molecule has 10 heteroatoms. The van der Waals surface area contributed by atoms with Gasteiger partial charge in [-0.25, -0.2) is 0 Å². The van der Waals surface area contributed by atoms with Crippen molar-refractivity contribution in [3.8, 4) is 23.0 Å². The highest BCUT2D eigenvalue weighted by atomic mass is 16.7. The van der Waals surface area contributed by atoms with E-state index in [1.54, 1.807) is 0 Å². The fraction of sp³-hybridized carbons (Fsp3) is 0.533. The van der Waals surface area contributed by atoms with Gasteiger partial charge in [-0.3, -0.25) is 14.5 Å². The van der Waals surface area contributed by atoms with Gasteiger partial charge in [0.15, 0.2) is 23.0 Å². The van der Waals surface area contributed by atoms with Crippen LogP contribution >= 0.6 is 0 Å². The number of carboxylic acids is 1. The molecule has 10 nitrogen and oxygen atoms in total. The molecule has 2 aromatic rings. The third-order valence-corrected chi connectivity index (χ3v) is 8.15. The molecule has 3 aliphatic rings. The predicted octanol–water partition coefficient (Wildman–Crippen LogP) is 3.22. The Balaban J connectivity index is 1.41. The zero-order valence-electron chi connectivity index (χ0n) is 23.0. The minimum Gasteiger partial charge on any atom is -0.481 e. The van der Waals surface area contributed by atoms with Crippen LogP contribution in [0, 0.1) is 5.92 Å². The SMILES string of the molecule is CCCCN(CCCN)C(=O)CN1CC(c2ccc3c(c2)OCO3)C(C(=O)O)C1CCc1cccc2c1OCO2. The number of carboxylic acid groups (broad SMARTS) is 1. The lowest BCUT2D eigenvalue weighted by Crippen LogP contribution is -2.45. The summed E-state index contributed by atoms with van der Waals surface area (Å²) in [6.07, 6.45) is 3.80. The van der Waals surface area contributed by atoms with Crippen LogP contribution in [0.4, 0.5) is 0 Å². The van der Waals surface area contributed by atoms with Crippen molar-refractivity contribution < 1.29 is 33.6 Å². The number of unbranched alkanes of at least 4 members (excludes halogenated alkanes) is 1. The smallest absolute Gasteiger partial charge is 0.308 e. The van der Waals surface area contributed by atoms with Gasteiger partial charge in [-0.05, 0) is 61.6 Å². The number of carbonyl (C=O) groups excluding carboxylic acids is 1. The highest BCUT2D eigenvalue weighted by Crippen LogP contribution is 2.44. The third-order valence-electron chi connectivity index (χ3n) is 8.15. The van der Waals surface area contributed by atoms with Gasteiger partial charge >= 0.3 is 5.97 Å². The molecular formula is C30H39N3O7. The van der Waals surface area contributed by atoms with Crippen LogP contribution in [0.25, 0.3) is 0 Å². The molecule has 5 rings (SSSR count). The molecule has 216 valence electrons. The lowest BCUT2D eigenvalue weighted by Gasteiger charge is -2.30. The van der Waals surface area contributed by atoms with E-state index in [1.165, 1.54) is 0 Å². The van der Waals surface area contributed by atoms with Gasteiger partial charge in [0.05, 0.1) is 12.5 Å². The molecule has 0 aromatic heterocycles. The number of likely N-dealkylation sites (tertiary alicyclic amines) is 1. The Labute approximate surface area is 234 Å². The molecule has 40 heavy (non-hydrogen) atoms. The molecule has 0 radical (unpaired) electrons. The standard InChI is InChI=1S/C30H39N3O7/c1-2-3-13-32(14-5-12-31)27(34)17-33-16-22(21-9-11-24-26(15-21)39-18-37-24)28(30(35)36)23(33)10-8-20-6-4-7-25-29(20)40-19-38-25/h4,6-7,9,11,15,22-23,28H,2-3,5,8,10,12-14,16-19,31H2,1H3,(H,35,36). The fourth-order valence-corrected chi connectivity index (χ4v) is 6.09. The van der Waals surface area contributed by atoms with Gasteiger partial charge in [0.25, 0.3) is 0 Å². The Kier molecular flexibility index (Phi) is 8.96. The van der Waals surface area contributed by atoms with E-state index < -0.39 is 11.9 Å². The molecule has 3 unspecified atom stereocenters. The first-order valence-corrected chi connectivity index (χ1v) is 14.2. The summed E-state index contributed by atoms with van der Waals surface area (Å²) < 4.78 is 22.3. The van der Waals surface area contributed by atoms with E-state index in [4.69, 9.17) is 24.7 Å². The van der Waals surface area contributed by atoms with E-state index in [9.17, 15) is 14.7 Å². The van der Waals surface area contributed by atoms with Crippen molar-refractivity contribution in [2.24, 2.45) is 11.7 Å². The number of hydrogen-bond donors (Lipinski definition) is 2. The van der Waals surface area contributed by atoms with Gasteiger partial charge in [0, 0.05) is 31.6 Å². The van der Waals surface area contributed by atoms with Gasteiger partial charge in [-0.2, -0.15) is 0 Å². The van der Waals surface area contributed by atoms with E-state index in [0.29, 0.717) is 56.3 Å². The summed E-state index contributed by atoms with van der Waals surface area (Å²) in [6.45, 7) is 4.85. The number of para-hydroxylation sites is 1. The topological polar surface area (TPSA) is 124 Å². The number of fused-ring (bicyclic) bond motifs is 2. The molecule has 1 amide bonds. The van der Waals surface area contributed by atoms with Crippen molar-refractivity contribution in [3.05, 3.63) is 47.5 Å². The summed E-state index contributed by atoms with van der Waals surface area (Å²) in [5.41, 5.74) is 7.60. The van der Waals surface area contributed by atoms with Crippen LogP contribution in [0.15, 0.2) is 36.4 Å². The number of amides is 1. The summed E-state index contributed by atoms with van der Waals surface area (Å²) in [5, 5.41) is 10.5. The molecule has 0 aliphatic carbocycles. The number of hydrogen-bond acceptors (Lipinski definition) is 8. The molecule has 0 spiro atoms. The first kappa shape index (κ1) is 28.0. The average Bonchev–Trinajstić information content (AvgIpc) is 3.70. The quantitative estimate of drug-likeness (QED) is 0.385. The van der Waals surface area contributed by atoms with Gasteiger partial charge in [-0.15, -0.1) is 0 Å². The summed E-state index contributed by atoms with van der Waals surface area (Å²) >= 11 is 0. The minimum absolute atomic E-state index is 0.0136. The number of benzene rings is 2. The van der Waals surface area contributed by atoms with Crippen molar-refractivity contribution >= 4 is 11.9 Å². The zero-order chi connectivity index (χ0) is 28.1. The van der Waals surface area contributed by atoms with E-state index in [0.717, 1.165) is 36.1 Å². The molecule has 1 saturated heterocycles. The predicted molar refractivity (Wildman–Crippen MR) is 148 cm³/mol. The molecular weight excluding hydrogens is 514 g/mol. The van der Waals surface area contributed by atoms with Crippen molar-refractivity contribution in [3.63, 3.8) is 0 Å².